The van der Waals surface area contributed by atoms with Gasteiger partial charge in [-0.3, -0.25) is 14.4 Å². The molecular formula is C24H35N5O5S. The van der Waals surface area contributed by atoms with Gasteiger partial charge in [-0.2, -0.15) is 11.8 Å². The van der Waals surface area contributed by atoms with Crippen LogP contribution in [0.15, 0.2) is 30.5 Å². The molecule has 1 aromatic heterocycles. The van der Waals surface area contributed by atoms with Crippen molar-refractivity contribution in [3.8, 4) is 0 Å². The maximum absolute atomic E-state index is 12.8. The van der Waals surface area contributed by atoms with Crippen LogP contribution in [0, 0.1) is 5.92 Å². The third kappa shape index (κ3) is 8.29. The van der Waals surface area contributed by atoms with Gasteiger partial charge in [-0.15, -0.1) is 0 Å². The highest BCUT2D eigenvalue weighted by atomic mass is 32.2. The predicted octanol–water partition coefficient (Wildman–Crippen LogP) is 1.01. The minimum absolute atomic E-state index is 0.0819. The van der Waals surface area contributed by atoms with Crippen molar-refractivity contribution in [3.05, 3.63) is 36.0 Å². The number of thioether (sulfide) groups is 1. The van der Waals surface area contributed by atoms with Crippen molar-refractivity contribution in [3.63, 3.8) is 0 Å². The fraction of sp³-hybridized carbons (Fsp3) is 0.500. The van der Waals surface area contributed by atoms with Crippen LogP contribution in [-0.2, 0) is 25.6 Å². The standard InChI is InChI=1S/C24H35N5O5S/c1-4-14(2)21(29-22(31)17(25)9-10-35-3)23(32)27-13-20(30)28-19(24(33)34)11-15-12-26-18-8-6-5-7-16(15)18/h5-8,12,14,17,19,21,26H,4,9-11,13,25H2,1-3H3,(H,27,32)(H,28,30)(H,29,31)(H,33,34). The van der Waals surface area contributed by atoms with Crippen LogP contribution in [0.1, 0.15) is 32.3 Å². The third-order valence-electron chi connectivity index (χ3n) is 5.92. The maximum Gasteiger partial charge on any atom is 0.326 e. The van der Waals surface area contributed by atoms with Gasteiger partial charge in [-0.1, -0.05) is 38.5 Å². The summed E-state index contributed by atoms with van der Waals surface area (Å²) < 4.78 is 0. The Balaban J connectivity index is 1.96. The molecule has 0 saturated heterocycles. The van der Waals surface area contributed by atoms with E-state index in [4.69, 9.17) is 5.73 Å². The number of carbonyl (C=O) groups excluding carboxylic acids is 3. The Kier molecular flexibility index (Phi) is 11.1. The normalized spacial score (nSPS) is 14.5. The van der Waals surface area contributed by atoms with E-state index in [1.54, 1.807) is 18.0 Å². The van der Waals surface area contributed by atoms with E-state index in [1.807, 2.05) is 44.4 Å². The topological polar surface area (TPSA) is 166 Å². The molecule has 4 atom stereocenters. The first kappa shape index (κ1) is 28.2. The van der Waals surface area contributed by atoms with Crippen molar-refractivity contribution in [2.45, 2.75) is 51.2 Å². The molecule has 192 valence electrons. The molecule has 0 aliphatic carbocycles. The summed E-state index contributed by atoms with van der Waals surface area (Å²) in [7, 11) is 0. The van der Waals surface area contributed by atoms with Gasteiger partial charge >= 0.3 is 5.97 Å². The number of fused-ring (bicyclic) bond motifs is 1. The molecule has 7 N–H and O–H groups in total. The van der Waals surface area contributed by atoms with Crippen LogP contribution in [-0.4, -0.2) is 70.5 Å². The monoisotopic (exact) mass is 505 g/mol. The summed E-state index contributed by atoms with van der Waals surface area (Å²) in [5, 5.41) is 18.1. The molecule has 2 aromatic rings. The smallest absolute Gasteiger partial charge is 0.326 e. The number of hydrogen-bond donors (Lipinski definition) is 6. The number of nitrogens with one attached hydrogen (secondary N) is 4. The number of hydrogen-bond acceptors (Lipinski definition) is 6. The molecule has 10 nitrogen and oxygen atoms in total. The van der Waals surface area contributed by atoms with Gasteiger partial charge in [0.25, 0.3) is 0 Å². The summed E-state index contributed by atoms with van der Waals surface area (Å²) in [6.07, 6.45) is 4.82. The van der Waals surface area contributed by atoms with E-state index in [9.17, 15) is 24.3 Å². The second-order valence-electron chi connectivity index (χ2n) is 8.50. The number of carboxylic acid groups (broad SMARTS) is 1. The van der Waals surface area contributed by atoms with Crippen LogP contribution >= 0.6 is 11.8 Å². The van der Waals surface area contributed by atoms with Crippen molar-refractivity contribution in [2.75, 3.05) is 18.6 Å². The number of H-pyrrole nitrogens is 1. The molecule has 0 bridgehead atoms. The summed E-state index contributed by atoms with van der Waals surface area (Å²) in [6.45, 7) is 3.29. The lowest BCUT2D eigenvalue weighted by molar-refractivity contribution is -0.141. The first-order chi connectivity index (χ1) is 16.7. The largest absolute Gasteiger partial charge is 0.480 e. The van der Waals surface area contributed by atoms with Crippen molar-refractivity contribution in [1.29, 1.82) is 0 Å². The van der Waals surface area contributed by atoms with Gasteiger partial charge in [0.15, 0.2) is 0 Å². The lowest BCUT2D eigenvalue weighted by atomic mass is 9.97. The SMILES string of the molecule is CCC(C)C(NC(=O)C(N)CCSC)C(=O)NCC(=O)NC(Cc1c[nH]c2ccccc12)C(=O)O. The van der Waals surface area contributed by atoms with Gasteiger partial charge in [-0.25, -0.2) is 4.79 Å². The molecule has 0 spiro atoms. The number of aromatic nitrogens is 1. The summed E-state index contributed by atoms with van der Waals surface area (Å²) in [4.78, 5) is 52.5. The Hall–Kier alpha value is -3.05. The number of aromatic amines is 1. The Morgan fingerprint density at radius 1 is 1.14 bits per heavy atom. The number of carboxylic acids is 1. The average molecular weight is 506 g/mol. The first-order valence-corrected chi connectivity index (χ1v) is 13.0. The Morgan fingerprint density at radius 3 is 2.51 bits per heavy atom. The van der Waals surface area contributed by atoms with Crippen LogP contribution < -0.4 is 21.7 Å². The van der Waals surface area contributed by atoms with Gasteiger partial charge in [0, 0.05) is 23.5 Å². The van der Waals surface area contributed by atoms with E-state index < -0.39 is 48.4 Å². The van der Waals surface area contributed by atoms with Crippen molar-refractivity contribution in [2.24, 2.45) is 11.7 Å². The molecule has 0 aliphatic rings. The van der Waals surface area contributed by atoms with Crippen LogP contribution in [0.2, 0.25) is 0 Å². The van der Waals surface area contributed by atoms with Gasteiger partial charge < -0.3 is 31.8 Å². The second-order valence-corrected chi connectivity index (χ2v) is 9.49. The number of rotatable bonds is 14. The van der Waals surface area contributed by atoms with E-state index in [0.717, 1.165) is 22.2 Å². The van der Waals surface area contributed by atoms with E-state index >= 15 is 0 Å². The lowest BCUT2D eigenvalue weighted by Gasteiger charge is -2.25. The molecule has 2 rings (SSSR count). The Bertz CT molecular complexity index is 1030. The lowest BCUT2D eigenvalue weighted by Crippen LogP contribution is -2.55. The van der Waals surface area contributed by atoms with Gasteiger partial charge in [0.1, 0.15) is 12.1 Å². The van der Waals surface area contributed by atoms with Crippen LogP contribution in [0.25, 0.3) is 10.9 Å². The second kappa shape index (κ2) is 13.7. The zero-order valence-corrected chi connectivity index (χ0v) is 21.1. The zero-order valence-electron chi connectivity index (χ0n) is 20.3. The van der Waals surface area contributed by atoms with Gasteiger partial charge in [-0.05, 0) is 36.0 Å². The van der Waals surface area contributed by atoms with Crippen LogP contribution in [0.3, 0.4) is 0 Å². The minimum Gasteiger partial charge on any atom is -0.480 e. The van der Waals surface area contributed by atoms with E-state index in [-0.39, 0.29) is 12.3 Å². The number of amides is 3. The molecule has 3 amide bonds. The predicted molar refractivity (Wildman–Crippen MR) is 137 cm³/mol. The van der Waals surface area contributed by atoms with Crippen molar-refractivity contribution < 1.29 is 24.3 Å². The molecule has 35 heavy (non-hydrogen) atoms. The highest BCUT2D eigenvalue weighted by Gasteiger charge is 2.28. The molecule has 4 unspecified atom stereocenters. The molecule has 1 aromatic carbocycles. The van der Waals surface area contributed by atoms with E-state index in [0.29, 0.717) is 12.8 Å². The maximum atomic E-state index is 12.8. The molecule has 11 heteroatoms. The number of carbonyl (C=O) groups is 4. The number of para-hydroxylation sites is 1. The average Bonchev–Trinajstić information content (AvgIpc) is 3.25. The molecule has 0 radical (unpaired) electrons. The van der Waals surface area contributed by atoms with Crippen molar-refractivity contribution in [1.82, 2.24) is 20.9 Å². The highest BCUT2D eigenvalue weighted by molar-refractivity contribution is 7.98. The quantitative estimate of drug-likeness (QED) is 0.223. The van der Waals surface area contributed by atoms with Gasteiger partial charge in [0.05, 0.1) is 12.6 Å². The molecular weight excluding hydrogens is 470 g/mol. The number of nitrogens with two attached hydrogens (primary N) is 1. The zero-order chi connectivity index (χ0) is 26.0. The fourth-order valence-corrected chi connectivity index (χ4v) is 4.07. The highest BCUT2D eigenvalue weighted by Crippen LogP contribution is 2.19. The molecule has 0 aliphatic heterocycles. The molecule has 0 fully saturated rings. The van der Waals surface area contributed by atoms with Crippen LogP contribution in [0.4, 0.5) is 0 Å². The molecule has 1 heterocycles. The summed E-state index contributed by atoms with van der Waals surface area (Å²) in [6, 6.07) is 4.72. The van der Waals surface area contributed by atoms with E-state index in [1.165, 1.54) is 0 Å². The summed E-state index contributed by atoms with van der Waals surface area (Å²) >= 11 is 1.58. The number of aliphatic carboxylic acids is 1. The Morgan fingerprint density at radius 2 is 1.86 bits per heavy atom. The van der Waals surface area contributed by atoms with Crippen molar-refractivity contribution >= 4 is 46.4 Å². The first-order valence-electron chi connectivity index (χ1n) is 11.6. The fourth-order valence-electron chi connectivity index (χ4n) is 3.58. The minimum atomic E-state index is -1.18. The summed E-state index contributed by atoms with van der Waals surface area (Å²) in [5.41, 5.74) is 7.54. The van der Waals surface area contributed by atoms with Crippen LogP contribution in [0.5, 0.6) is 0 Å². The molecule has 0 saturated carbocycles. The third-order valence-corrected chi connectivity index (χ3v) is 6.56. The van der Waals surface area contributed by atoms with E-state index in [2.05, 4.69) is 20.9 Å². The summed E-state index contributed by atoms with van der Waals surface area (Å²) in [5.74, 6) is -2.24. The number of benzene rings is 1. The Labute approximate surface area is 209 Å². The van der Waals surface area contributed by atoms with Gasteiger partial charge in [0.2, 0.25) is 17.7 Å².